The second-order valence-corrected chi connectivity index (χ2v) is 6.61. The zero-order chi connectivity index (χ0) is 15.4. The fraction of sp³-hybridized carbons (Fsp3) is 0.611. The summed E-state index contributed by atoms with van der Waals surface area (Å²) in [6, 6.07) is 4.59. The minimum absolute atomic E-state index is 0.245. The Kier molecular flexibility index (Phi) is 5.94. The number of hydrogen-bond acceptors (Lipinski definition) is 2. The van der Waals surface area contributed by atoms with Crippen LogP contribution in [0.15, 0.2) is 12.1 Å². The Morgan fingerprint density at radius 1 is 1.05 bits per heavy atom. The first-order valence-corrected chi connectivity index (χ1v) is 7.57. The van der Waals surface area contributed by atoms with Crippen LogP contribution in [-0.4, -0.2) is 29.8 Å². The standard InChI is InChI=1S/C18H29NO/c1-12(2)10-19(13(3)4)11-17(20)18-15(6)8-14(5)9-16(18)7/h8-9,12-13H,10-11H2,1-7H3. The van der Waals surface area contributed by atoms with Crippen molar-refractivity contribution >= 4 is 5.78 Å². The lowest BCUT2D eigenvalue weighted by Gasteiger charge is -2.28. The molecule has 0 heterocycles. The van der Waals surface area contributed by atoms with Gasteiger partial charge in [0, 0.05) is 18.2 Å². The quantitative estimate of drug-likeness (QED) is 0.727. The predicted molar refractivity (Wildman–Crippen MR) is 86.5 cm³/mol. The Hall–Kier alpha value is -1.15. The second-order valence-electron chi connectivity index (χ2n) is 6.61. The van der Waals surface area contributed by atoms with E-state index in [0.29, 0.717) is 18.5 Å². The van der Waals surface area contributed by atoms with Crippen LogP contribution in [0.1, 0.15) is 54.7 Å². The Morgan fingerprint density at radius 3 is 1.95 bits per heavy atom. The third kappa shape index (κ3) is 4.45. The molecule has 0 atom stereocenters. The molecule has 0 radical (unpaired) electrons. The summed E-state index contributed by atoms with van der Waals surface area (Å²) in [5.41, 5.74) is 4.32. The Labute approximate surface area is 124 Å². The number of carbonyl (C=O) groups is 1. The number of aryl methyl sites for hydroxylation is 3. The number of nitrogens with zero attached hydrogens (tertiary/aromatic N) is 1. The number of hydrogen-bond donors (Lipinski definition) is 0. The molecule has 0 N–H and O–H groups in total. The Balaban J connectivity index is 2.95. The zero-order valence-electron chi connectivity index (χ0n) is 14.1. The van der Waals surface area contributed by atoms with Crippen molar-refractivity contribution < 1.29 is 4.79 Å². The number of benzene rings is 1. The molecule has 0 unspecified atom stereocenters. The van der Waals surface area contributed by atoms with Gasteiger partial charge in [-0.25, -0.2) is 0 Å². The average molecular weight is 275 g/mol. The molecule has 0 bridgehead atoms. The molecule has 0 aromatic heterocycles. The van der Waals surface area contributed by atoms with Crippen molar-refractivity contribution in [1.29, 1.82) is 0 Å². The van der Waals surface area contributed by atoms with Crippen molar-refractivity contribution in [2.24, 2.45) is 5.92 Å². The molecular formula is C18H29NO. The van der Waals surface area contributed by atoms with Crippen molar-refractivity contribution in [2.75, 3.05) is 13.1 Å². The minimum Gasteiger partial charge on any atom is -0.293 e. The molecule has 0 amide bonds. The van der Waals surface area contributed by atoms with Gasteiger partial charge in [-0.15, -0.1) is 0 Å². The highest BCUT2D eigenvalue weighted by Crippen LogP contribution is 2.18. The predicted octanol–water partition coefficient (Wildman–Crippen LogP) is 4.16. The van der Waals surface area contributed by atoms with Crippen LogP contribution in [0, 0.1) is 26.7 Å². The second kappa shape index (κ2) is 7.03. The van der Waals surface area contributed by atoms with Gasteiger partial charge < -0.3 is 0 Å². The third-order valence-corrected chi connectivity index (χ3v) is 3.63. The third-order valence-electron chi connectivity index (χ3n) is 3.63. The van der Waals surface area contributed by atoms with E-state index in [0.717, 1.165) is 23.2 Å². The molecule has 0 spiro atoms. The van der Waals surface area contributed by atoms with Crippen LogP contribution in [0.3, 0.4) is 0 Å². The molecule has 0 aliphatic rings. The van der Waals surface area contributed by atoms with E-state index in [9.17, 15) is 4.79 Å². The van der Waals surface area contributed by atoms with E-state index in [1.54, 1.807) is 0 Å². The first-order valence-electron chi connectivity index (χ1n) is 7.57. The number of rotatable bonds is 6. The van der Waals surface area contributed by atoms with E-state index >= 15 is 0 Å². The lowest BCUT2D eigenvalue weighted by atomic mass is 9.96. The summed E-state index contributed by atoms with van der Waals surface area (Å²) in [5.74, 6) is 0.819. The Morgan fingerprint density at radius 2 is 1.55 bits per heavy atom. The van der Waals surface area contributed by atoms with Crippen LogP contribution in [-0.2, 0) is 0 Å². The molecular weight excluding hydrogens is 246 g/mol. The molecule has 112 valence electrons. The first-order chi connectivity index (χ1) is 9.22. The van der Waals surface area contributed by atoms with Gasteiger partial charge in [0.25, 0.3) is 0 Å². The molecule has 0 aliphatic carbocycles. The molecule has 0 saturated heterocycles. The summed E-state index contributed by atoms with van der Waals surface area (Å²) < 4.78 is 0. The zero-order valence-corrected chi connectivity index (χ0v) is 14.1. The van der Waals surface area contributed by atoms with Crippen molar-refractivity contribution in [1.82, 2.24) is 4.90 Å². The fourth-order valence-electron chi connectivity index (χ4n) is 2.81. The summed E-state index contributed by atoms with van der Waals surface area (Å²) in [6.45, 7) is 16.3. The lowest BCUT2D eigenvalue weighted by Crippen LogP contribution is -2.38. The summed E-state index contributed by atoms with van der Waals surface area (Å²) in [5, 5.41) is 0. The van der Waals surface area contributed by atoms with Gasteiger partial charge >= 0.3 is 0 Å². The van der Waals surface area contributed by atoms with E-state index in [1.807, 2.05) is 13.8 Å². The molecule has 2 heteroatoms. The Bertz CT molecular complexity index is 451. The van der Waals surface area contributed by atoms with Gasteiger partial charge in [0.2, 0.25) is 0 Å². The molecule has 0 saturated carbocycles. The summed E-state index contributed by atoms with van der Waals surface area (Å²) in [4.78, 5) is 14.9. The molecule has 1 aromatic rings. The van der Waals surface area contributed by atoms with Gasteiger partial charge in [-0.2, -0.15) is 0 Å². The van der Waals surface area contributed by atoms with Gasteiger partial charge in [-0.1, -0.05) is 31.5 Å². The van der Waals surface area contributed by atoms with Crippen LogP contribution in [0.2, 0.25) is 0 Å². The molecule has 20 heavy (non-hydrogen) atoms. The number of ketones is 1. The monoisotopic (exact) mass is 275 g/mol. The van der Waals surface area contributed by atoms with Gasteiger partial charge in [-0.05, 0) is 51.7 Å². The maximum absolute atomic E-state index is 12.7. The topological polar surface area (TPSA) is 20.3 Å². The van der Waals surface area contributed by atoms with Crippen molar-refractivity contribution in [3.05, 3.63) is 34.4 Å². The molecule has 0 fully saturated rings. The number of Topliss-reactive ketones (excluding diaryl/α,β-unsaturated/α-hetero) is 1. The summed E-state index contributed by atoms with van der Waals surface area (Å²) >= 11 is 0. The van der Waals surface area contributed by atoms with E-state index in [-0.39, 0.29) is 5.78 Å². The van der Waals surface area contributed by atoms with Crippen LogP contribution >= 0.6 is 0 Å². The van der Waals surface area contributed by atoms with E-state index in [1.165, 1.54) is 5.56 Å². The fourth-order valence-corrected chi connectivity index (χ4v) is 2.81. The maximum atomic E-state index is 12.7. The summed E-state index contributed by atoms with van der Waals surface area (Å²) in [6.07, 6.45) is 0. The highest BCUT2D eigenvalue weighted by Gasteiger charge is 2.19. The molecule has 0 aliphatic heterocycles. The van der Waals surface area contributed by atoms with E-state index in [2.05, 4.69) is 51.7 Å². The van der Waals surface area contributed by atoms with Crippen LogP contribution in [0.25, 0.3) is 0 Å². The van der Waals surface area contributed by atoms with E-state index in [4.69, 9.17) is 0 Å². The molecule has 1 aromatic carbocycles. The largest absolute Gasteiger partial charge is 0.293 e. The SMILES string of the molecule is Cc1cc(C)c(C(=O)CN(CC(C)C)C(C)C)c(C)c1. The van der Waals surface area contributed by atoms with Gasteiger partial charge in [0.05, 0.1) is 6.54 Å². The normalized spacial score (nSPS) is 11.7. The van der Waals surface area contributed by atoms with Gasteiger partial charge in [0.1, 0.15) is 0 Å². The smallest absolute Gasteiger partial charge is 0.177 e. The van der Waals surface area contributed by atoms with Crippen LogP contribution in [0.5, 0.6) is 0 Å². The highest BCUT2D eigenvalue weighted by molar-refractivity contribution is 6.00. The highest BCUT2D eigenvalue weighted by atomic mass is 16.1. The van der Waals surface area contributed by atoms with Crippen LogP contribution in [0.4, 0.5) is 0 Å². The van der Waals surface area contributed by atoms with Gasteiger partial charge in [-0.3, -0.25) is 9.69 Å². The average Bonchev–Trinajstić information content (AvgIpc) is 2.25. The molecule has 2 nitrogen and oxygen atoms in total. The summed E-state index contributed by atoms with van der Waals surface area (Å²) in [7, 11) is 0. The number of carbonyl (C=O) groups excluding carboxylic acids is 1. The van der Waals surface area contributed by atoms with Crippen LogP contribution < -0.4 is 0 Å². The van der Waals surface area contributed by atoms with E-state index < -0.39 is 0 Å². The van der Waals surface area contributed by atoms with Crippen molar-refractivity contribution in [3.63, 3.8) is 0 Å². The van der Waals surface area contributed by atoms with Gasteiger partial charge in [0.15, 0.2) is 5.78 Å². The first kappa shape index (κ1) is 16.9. The molecule has 1 rings (SSSR count). The van der Waals surface area contributed by atoms with Crippen molar-refractivity contribution in [3.8, 4) is 0 Å². The maximum Gasteiger partial charge on any atom is 0.177 e. The minimum atomic E-state index is 0.245. The lowest BCUT2D eigenvalue weighted by molar-refractivity contribution is 0.0891. The van der Waals surface area contributed by atoms with Crippen molar-refractivity contribution in [2.45, 2.75) is 54.5 Å².